The van der Waals surface area contributed by atoms with Gasteiger partial charge in [-0.25, -0.2) is 22.2 Å². The molecule has 0 fully saturated rings. The molecule has 12 heteroatoms. The van der Waals surface area contributed by atoms with Gasteiger partial charge in [0.25, 0.3) is 10.0 Å². The molecule has 0 aliphatic heterocycles. The monoisotopic (exact) mass is 420 g/mol. The van der Waals surface area contributed by atoms with Gasteiger partial charge in [0.2, 0.25) is 0 Å². The van der Waals surface area contributed by atoms with Crippen LogP contribution in [0.15, 0.2) is 53.7 Å². The van der Waals surface area contributed by atoms with E-state index in [1.54, 1.807) is 18.2 Å². The minimum Gasteiger partial charge on any atom is -0.479 e. The quantitative estimate of drug-likeness (QED) is 0.379. The number of nitrogens with zero attached hydrogens (tertiary/aromatic N) is 3. The number of nitro groups is 1. The third kappa shape index (κ3) is 3.39. The summed E-state index contributed by atoms with van der Waals surface area (Å²) in [6.07, 6.45) is 2.01. The van der Waals surface area contributed by atoms with Crippen molar-refractivity contribution in [1.82, 2.24) is 8.96 Å². The van der Waals surface area contributed by atoms with Gasteiger partial charge in [0.1, 0.15) is 11.9 Å². The average molecular weight is 420 g/mol. The standard InChI is InChI=1S/C17H16N4O7S/c1-17(10-22,16(23)24)19-14-12-7-8-20(15(12)18-9-13(14)21(25)26)29(27,28)11-5-3-2-4-6-11/h2-9,22H,10H2,1H3,(H,18,19)(H,23,24)/t17-/m0/s1. The van der Waals surface area contributed by atoms with Crippen LogP contribution >= 0.6 is 0 Å². The van der Waals surface area contributed by atoms with E-state index in [0.717, 1.165) is 17.1 Å². The van der Waals surface area contributed by atoms with Crippen molar-refractivity contribution < 1.29 is 28.3 Å². The molecule has 0 bridgehead atoms. The lowest BCUT2D eigenvalue weighted by Crippen LogP contribution is -2.47. The number of fused-ring (bicyclic) bond motifs is 1. The third-order valence-corrected chi connectivity index (χ3v) is 6.03. The van der Waals surface area contributed by atoms with Crippen molar-refractivity contribution in [3.63, 3.8) is 0 Å². The van der Waals surface area contributed by atoms with Gasteiger partial charge in [-0.2, -0.15) is 0 Å². The Morgan fingerprint density at radius 3 is 2.52 bits per heavy atom. The van der Waals surface area contributed by atoms with Crippen molar-refractivity contribution in [3.8, 4) is 0 Å². The summed E-state index contributed by atoms with van der Waals surface area (Å²) in [5, 5.41) is 32.7. The fraction of sp³-hybridized carbons (Fsp3) is 0.176. The van der Waals surface area contributed by atoms with Crippen LogP contribution in [0.5, 0.6) is 0 Å². The zero-order valence-electron chi connectivity index (χ0n) is 15.0. The van der Waals surface area contributed by atoms with Crippen LogP contribution in [0.4, 0.5) is 11.4 Å². The Hall–Kier alpha value is -3.51. The van der Waals surface area contributed by atoms with Crippen molar-refractivity contribution in [2.75, 3.05) is 11.9 Å². The van der Waals surface area contributed by atoms with Crippen molar-refractivity contribution in [2.24, 2.45) is 0 Å². The Labute approximate surface area is 164 Å². The van der Waals surface area contributed by atoms with Crippen LogP contribution in [-0.4, -0.2) is 50.6 Å². The molecule has 152 valence electrons. The molecule has 0 saturated heterocycles. The largest absolute Gasteiger partial charge is 0.479 e. The highest BCUT2D eigenvalue weighted by Gasteiger charge is 2.36. The molecular weight excluding hydrogens is 404 g/mol. The first-order chi connectivity index (χ1) is 13.6. The summed E-state index contributed by atoms with van der Waals surface area (Å²) in [6, 6.07) is 8.79. The summed E-state index contributed by atoms with van der Waals surface area (Å²) in [7, 11) is -4.05. The van der Waals surface area contributed by atoms with Gasteiger partial charge in [0, 0.05) is 6.20 Å². The van der Waals surface area contributed by atoms with Crippen LogP contribution in [0.1, 0.15) is 6.92 Å². The number of carbonyl (C=O) groups is 1. The van der Waals surface area contributed by atoms with E-state index in [1.807, 2.05) is 0 Å². The average Bonchev–Trinajstić information content (AvgIpc) is 3.13. The molecule has 0 amide bonds. The topological polar surface area (TPSA) is 165 Å². The Morgan fingerprint density at radius 2 is 1.97 bits per heavy atom. The Bertz CT molecular complexity index is 1210. The van der Waals surface area contributed by atoms with Crippen molar-refractivity contribution in [1.29, 1.82) is 0 Å². The summed E-state index contributed by atoms with van der Waals surface area (Å²) >= 11 is 0. The van der Waals surface area contributed by atoms with Crippen LogP contribution in [-0.2, 0) is 14.8 Å². The number of pyridine rings is 1. The van der Waals surface area contributed by atoms with Crippen LogP contribution in [0.3, 0.4) is 0 Å². The van der Waals surface area contributed by atoms with Gasteiger partial charge in [-0.1, -0.05) is 18.2 Å². The number of carboxylic acid groups (broad SMARTS) is 1. The normalized spacial score (nSPS) is 13.7. The lowest BCUT2D eigenvalue weighted by molar-refractivity contribution is -0.384. The number of aliphatic hydroxyl groups is 1. The number of aliphatic hydroxyl groups excluding tert-OH is 1. The molecule has 3 N–H and O–H groups in total. The second-order valence-corrected chi connectivity index (χ2v) is 8.18. The highest BCUT2D eigenvalue weighted by Crippen LogP contribution is 2.35. The van der Waals surface area contributed by atoms with Gasteiger partial charge >= 0.3 is 11.7 Å². The predicted molar refractivity (Wildman–Crippen MR) is 102 cm³/mol. The molecule has 0 spiro atoms. The smallest absolute Gasteiger partial charge is 0.331 e. The minimum absolute atomic E-state index is 0.0135. The number of carboxylic acids is 1. The zero-order chi connectivity index (χ0) is 21.4. The molecular formula is C17H16N4O7S. The first kappa shape index (κ1) is 20.2. The number of aromatic nitrogens is 2. The molecule has 3 aromatic rings. The van der Waals surface area contributed by atoms with Crippen molar-refractivity contribution >= 4 is 38.4 Å². The SMILES string of the molecule is C[C@@](CO)(Nc1c([N+](=O)[O-])cnc2c1ccn2S(=O)(=O)c1ccccc1)C(=O)O. The number of hydrogen-bond donors (Lipinski definition) is 3. The highest BCUT2D eigenvalue weighted by atomic mass is 32.2. The number of hydrogen-bond acceptors (Lipinski definition) is 8. The predicted octanol–water partition coefficient (Wildman–Crippen LogP) is 1.43. The van der Waals surface area contributed by atoms with E-state index in [9.17, 15) is 33.5 Å². The summed E-state index contributed by atoms with van der Waals surface area (Å²) in [6.45, 7) is 0.273. The van der Waals surface area contributed by atoms with Crippen molar-refractivity contribution in [3.05, 3.63) is 58.9 Å². The van der Waals surface area contributed by atoms with E-state index in [0.29, 0.717) is 0 Å². The Balaban J connectivity index is 2.26. The first-order valence-corrected chi connectivity index (χ1v) is 9.63. The Kier molecular flexibility index (Phi) is 4.98. The summed E-state index contributed by atoms with van der Waals surface area (Å²) in [5.74, 6) is -1.45. The lowest BCUT2D eigenvalue weighted by atomic mass is 10.0. The number of rotatable bonds is 7. The second kappa shape index (κ2) is 7.14. The van der Waals surface area contributed by atoms with E-state index in [-0.39, 0.29) is 21.6 Å². The molecule has 0 aliphatic carbocycles. The lowest BCUT2D eigenvalue weighted by Gasteiger charge is -2.25. The molecule has 2 heterocycles. The van der Waals surface area contributed by atoms with Gasteiger partial charge in [0.05, 0.1) is 21.8 Å². The zero-order valence-corrected chi connectivity index (χ0v) is 15.8. The van der Waals surface area contributed by atoms with Gasteiger partial charge in [-0.15, -0.1) is 0 Å². The maximum atomic E-state index is 12.9. The molecule has 2 aromatic heterocycles. The van der Waals surface area contributed by atoms with Crippen LogP contribution in [0.2, 0.25) is 0 Å². The fourth-order valence-electron chi connectivity index (χ4n) is 2.66. The molecule has 1 aromatic carbocycles. The number of aliphatic carboxylic acids is 1. The first-order valence-electron chi connectivity index (χ1n) is 8.19. The van der Waals surface area contributed by atoms with Crippen LogP contribution < -0.4 is 5.32 Å². The summed E-state index contributed by atoms with van der Waals surface area (Å²) in [4.78, 5) is 26.1. The molecule has 1 atom stereocenters. The molecule has 3 rings (SSSR count). The molecule has 29 heavy (non-hydrogen) atoms. The van der Waals surface area contributed by atoms with Gasteiger partial charge in [-0.05, 0) is 25.1 Å². The summed E-state index contributed by atoms with van der Waals surface area (Å²) in [5.41, 5.74) is -2.90. The van der Waals surface area contributed by atoms with Gasteiger partial charge in [0.15, 0.2) is 11.2 Å². The van der Waals surface area contributed by atoms with E-state index in [4.69, 9.17) is 0 Å². The fourth-order valence-corrected chi connectivity index (χ4v) is 3.98. The number of anilines is 1. The van der Waals surface area contributed by atoms with E-state index in [2.05, 4.69) is 10.3 Å². The van der Waals surface area contributed by atoms with E-state index >= 15 is 0 Å². The maximum Gasteiger partial charge on any atom is 0.331 e. The van der Waals surface area contributed by atoms with E-state index in [1.165, 1.54) is 24.4 Å². The third-order valence-electron chi connectivity index (χ3n) is 4.35. The maximum absolute atomic E-state index is 12.9. The molecule has 0 saturated carbocycles. The van der Waals surface area contributed by atoms with Gasteiger partial charge in [-0.3, -0.25) is 10.1 Å². The Morgan fingerprint density at radius 1 is 1.31 bits per heavy atom. The second-order valence-electron chi connectivity index (χ2n) is 6.36. The van der Waals surface area contributed by atoms with Gasteiger partial charge < -0.3 is 15.5 Å². The number of nitrogens with one attached hydrogen (secondary N) is 1. The molecule has 0 unspecified atom stereocenters. The van der Waals surface area contributed by atoms with Crippen molar-refractivity contribution in [2.45, 2.75) is 17.4 Å². The minimum atomic E-state index is -4.05. The summed E-state index contributed by atoms with van der Waals surface area (Å²) < 4.78 is 26.7. The number of benzene rings is 1. The van der Waals surface area contributed by atoms with Crippen LogP contribution in [0, 0.1) is 10.1 Å². The molecule has 0 aliphatic rings. The molecule has 11 nitrogen and oxygen atoms in total. The van der Waals surface area contributed by atoms with Crippen LogP contribution in [0.25, 0.3) is 11.0 Å². The molecule has 0 radical (unpaired) electrons. The van der Waals surface area contributed by atoms with E-state index < -0.39 is 38.7 Å². The highest BCUT2D eigenvalue weighted by molar-refractivity contribution is 7.90.